The third-order valence-corrected chi connectivity index (χ3v) is 8.28. The highest BCUT2D eigenvalue weighted by Crippen LogP contribution is 2.45. The second-order valence-corrected chi connectivity index (χ2v) is 12.6. The summed E-state index contributed by atoms with van der Waals surface area (Å²) in [6.45, 7) is 9.74. The predicted octanol–water partition coefficient (Wildman–Crippen LogP) is 7.97. The van der Waals surface area contributed by atoms with E-state index in [0.29, 0.717) is 26.6 Å². The molecule has 0 radical (unpaired) electrons. The van der Waals surface area contributed by atoms with Gasteiger partial charge in [-0.2, -0.15) is 0 Å². The molecule has 5 rings (SSSR count). The summed E-state index contributed by atoms with van der Waals surface area (Å²) >= 11 is 18.8. The molecule has 0 saturated carbocycles. The number of pyridine rings is 1. The summed E-state index contributed by atoms with van der Waals surface area (Å²) in [5, 5.41) is 8.20. The number of carbonyl (C=O) groups is 1. The van der Waals surface area contributed by atoms with Gasteiger partial charge in [-0.1, -0.05) is 50.0 Å². The average Bonchev–Trinajstić information content (AvgIpc) is 3.44. The minimum absolute atomic E-state index is 0.103. The zero-order chi connectivity index (χ0) is 30.3. The molecule has 218 valence electrons. The Labute approximate surface area is 261 Å². The lowest BCUT2D eigenvalue weighted by molar-refractivity contribution is -0.123. The summed E-state index contributed by atoms with van der Waals surface area (Å²) in [5.74, 6) is 0.430. The Morgan fingerprint density at radius 3 is 2.48 bits per heavy atom. The highest BCUT2D eigenvalue weighted by molar-refractivity contribution is 7.80. The van der Waals surface area contributed by atoms with Crippen LogP contribution in [0.1, 0.15) is 55.5 Å². The van der Waals surface area contributed by atoms with Crippen molar-refractivity contribution in [2.45, 2.75) is 46.7 Å². The van der Waals surface area contributed by atoms with Gasteiger partial charge in [-0.3, -0.25) is 9.78 Å². The molecule has 4 aromatic rings. The molecule has 1 saturated heterocycles. The van der Waals surface area contributed by atoms with Gasteiger partial charge in [-0.15, -0.1) is 0 Å². The fraction of sp³-hybridized carbons (Fsp3) is 0.281. The van der Waals surface area contributed by atoms with Gasteiger partial charge in [0.25, 0.3) is 0 Å². The number of ether oxygens (including phenoxy) is 1. The van der Waals surface area contributed by atoms with Gasteiger partial charge < -0.3 is 24.8 Å². The standard InChI is InChI=1S/C32H33Cl2N5O2S/c1-18-15-22(19(2)38(18)26-13-10-20(33)16-23(26)34)29-28(25-9-7-8-14-35-25)37-31(42)39(29)21-11-12-24(27(17-21)41-6)36-30(40)32(3,4)5/h7-17,28-29H,1-6H3,(H,36,40)(H,37,42)/t28-,29+/m1/s1. The minimum atomic E-state index is -0.555. The first-order chi connectivity index (χ1) is 19.9. The third-order valence-electron chi connectivity index (χ3n) is 7.43. The zero-order valence-corrected chi connectivity index (χ0v) is 26.7. The van der Waals surface area contributed by atoms with Gasteiger partial charge in [0.05, 0.1) is 41.3 Å². The first-order valence-corrected chi connectivity index (χ1v) is 14.7. The Morgan fingerprint density at radius 2 is 1.83 bits per heavy atom. The SMILES string of the molecule is COc1cc(N2C(=S)N[C@H](c3ccccn3)[C@@H]2c2cc(C)n(-c3ccc(Cl)cc3Cl)c2C)ccc1NC(=O)C(C)(C)C. The summed E-state index contributed by atoms with van der Waals surface area (Å²) in [4.78, 5) is 19.5. The topological polar surface area (TPSA) is 71.4 Å². The number of rotatable bonds is 6. The summed E-state index contributed by atoms with van der Waals surface area (Å²) in [7, 11) is 1.59. The van der Waals surface area contributed by atoms with Crippen LogP contribution in [0.3, 0.4) is 0 Å². The van der Waals surface area contributed by atoms with E-state index < -0.39 is 5.41 Å². The number of nitrogens with one attached hydrogen (secondary N) is 2. The van der Waals surface area contributed by atoms with Crippen LogP contribution in [0.15, 0.2) is 66.9 Å². The van der Waals surface area contributed by atoms with E-state index in [1.54, 1.807) is 19.4 Å². The second kappa shape index (κ2) is 11.6. The maximum absolute atomic E-state index is 12.7. The van der Waals surface area contributed by atoms with E-state index in [2.05, 4.69) is 45.0 Å². The van der Waals surface area contributed by atoms with Crippen LogP contribution in [-0.4, -0.2) is 27.7 Å². The van der Waals surface area contributed by atoms with Crippen molar-refractivity contribution >= 4 is 57.8 Å². The van der Waals surface area contributed by atoms with Crippen molar-refractivity contribution in [1.82, 2.24) is 14.9 Å². The molecule has 1 aliphatic heterocycles. The predicted molar refractivity (Wildman–Crippen MR) is 174 cm³/mol. The van der Waals surface area contributed by atoms with Crippen molar-refractivity contribution in [2.24, 2.45) is 5.41 Å². The van der Waals surface area contributed by atoms with Gasteiger partial charge in [-0.25, -0.2) is 0 Å². The molecule has 7 nitrogen and oxygen atoms in total. The normalized spacial score (nSPS) is 16.9. The molecule has 0 unspecified atom stereocenters. The number of methoxy groups -OCH3 is 1. The average molecular weight is 623 g/mol. The van der Waals surface area contributed by atoms with E-state index in [9.17, 15) is 4.79 Å². The number of thiocarbonyl (C=S) groups is 1. The van der Waals surface area contributed by atoms with Crippen molar-refractivity contribution in [3.05, 3.63) is 99.6 Å². The molecule has 0 aliphatic carbocycles. The van der Waals surface area contributed by atoms with Crippen LogP contribution in [-0.2, 0) is 4.79 Å². The Hall–Kier alpha value is -3.59. The Bertz CT molecular complexity index is 1670. The van der Waals surface area contributed by atoms with E-state index in [4.69, 9.17) is 40.2 Å². The fourth-order valence-electron chi connectivity index (χ4n) is 5.31. The summed E-state index contributed by atoms with van der Waals surface area (Å²) < 4.78 is 7.86. The van der Waals surface area contributed by atoms with Crippen LogP contribution in [0, 0.1) is 19.3 Å². The molecular weight excluding hydrogens is 589 g/mol. The molecule has 3 heterocycles. The number of aromatic nitrogens is 2. The van der Waals surface area contributed by atoms with Gasteiger partial charge in [-0.05, 0) is 80.2 Å². The highest BCUT2D eigenvalue weighted by atomic mass is 35.5. The molecule has 2 aromatic carbocycles. The molecule has 10 heteroatoms. The Balaban J connectivity index is 1.64. The molecule has 0 bridgehead atoms. The van der Waals surface area contributed by atoms with Gasteiger partial charge in [0.2, 0.25) is 5.91 Å². The number of carbonyl (C=O) groups excluding carboxylic acids is 1. The first kappa shape index (κ1) is 29.9. The second-order valence-electron chi connectivity index (χ2n) is 11.3. The van der Waals surface area contributed by atoms with Crippen molar-refractivity contribution in [3.8, 4) is 11.4 Å². The zero-order valence-electron chi connectivity index (χ0n) is 24.3. The van der Waals surface area contributed by atoms with Gasteiger partial charge in [0.1, 0.15) is 5.75 Å². The largest absolute Gasteiger partial charge is 0.494 e. The molecule has 0 spiro atoms. The Morgan fingerprint density at radius 1 is 1.07 bits per heavy atom. The van der Waals surface area contributed by atoms with Gasteiger partial charge >= 0.3 is 0 Å². The van der Waals surface area contributed by atoms with E-state index in [0.717, 1.165) is 34.0 Å². The lowest BCUT2D eigenvalue weighted by atomic mass is 9.95. The summed E-state index contributed by atoms with van der Waals surface area (Å²) in [6.07, 6.45) is 1.78. The minimum Gasteiger partial charge on any atom is -0.494 e. The van der Waals surface area contributed by atoms with Crippen molar-refractivity contribution < 1.29 is 9.53 Å². The van der Waals surface area contributed by atoms with E-state index in [1.165, 1.54) is 0 Å². The first-order valence-electron chi connectivity index (χ1n) is 13.5. The number of halogens is 2. The summed E-state index contributed by atoms with van der Waals surface area (Å²) in [5.41, 5.74) is 5.65. The Kier molecular flexibility index (Phi) is 8.25. The third kappa shape index (κ3) is 5.59. The fourth-order valence-corrected chi connectivity index (χ4v) is 6.15. The van der Waals surface area contributed by atoms with E-state index in [-0.39, 0.29) is 18.0 Å². The van der Waals surface area contributed by atoms with Crippen LogP contribution < -0.4 is 20.3 Å². The molecule has 2 atom stereocenters. The van der Waals surface area contributed by atoms with Crippen LogP contribution in [0.2, 0.25) is 10.0 Å². The van der Waals surface area contributed by atoms with Gasteiger partial charge in [0, 0.05) is 39.8 Å². The van der Waals surface area contributed by atoms with E-state index in [1.807, 2.05) is 69.3 Å². The smallest absolute Gasteiger partial charge is 0.229 e. The lowest BCUT2D eigenvalue weighted by Crippen LogP contribution is -2.30. The van der Waals surface area contributed by atoms with Crippen LogP contribution in [0.25, 0.3) is 5.69 Å². The van der Waals surface area contributed by atoms with Crippen LogP contribution >= 0.6 is 35.4 Å². The number of hydrogen-bond donors (Lipinski definition) is 2. The highest BCUT2D eigenvalue weighted by Gasteiger charge is 2.42. The molecule has 1 fully saturated rings. The molecule has 2 aromatic heterocycles. The van der Waals surface area contributed by atoms with Crippen LogP contribution in [0.5, 0.6) is 5.75 Å². The number of nitrogens with zero attached hydrogens (tertiary/aromatic N) is 3. The quantitative estimate of drug-likeness (QED) is 0.213. The number of aryl methyl sites for hydroxylation is 1. The number of amides is 1. The summed E-state index contributed by atoms with van der Waals surface area (Å²) in [6, 6.07) is 18.7. The monoisotopic (exact) mass is 621 g/mol. The van der Waals surface area contributed by atoms with Crippen LogP contribution in [0.4, 0.5) is 11.4 Å². The van der Waals surface area contributed by atoms with E-state index >= 15 is 0 Å². The number of benzene rings is 2. The molecule has 42 heavy (non-hydrogen) atoms. The molecule has 1 amide bonds. The molecule has 2 N–H and O–H groups in total. The maximum Gasteiger partial charge on any atom is 0.229 e. The van der Waals surface area contributed by atoms with Crippen molar-refractivity contribution in [2.75, 3.05) is 17.3 Å². The van der Waals surface area contributed by atoms with Gasteiger partial charge in [0.15, 0.2) is 5.11 Å². The van der Waals surface area contributed by atoms with Crippen molar-refractivity contribution in [3.63, 3.8) is 0 Å². The number of anilines is 2. The molecule has 1 aliphatic rings. The number of hydrogen-bond acceptors (Lipinski definition) is 4. The van der Waals surface area contributed by atoms with Crippen molar-refractivity contribution in [1.29, 1.82) is 0 Å². The lowest BCUT2D eigenvalue weighted by Gasteiger charge is -2.29. The maximum atomic E-state index is 12.7. The molecular formula is C32H33Cl2N5O2S.